The Hall–Kier alpha value is -2.23. The first-order valence-electron chi connectivity index (χ1n) is 7.38. The van der Waals surface area contributed by atoms with Gasteiger partial charge in [0, 0.05) is 5.39 Å². The molecular weight excluding hydrogens is 260 g/mol. The molecule has 0 bridgehead atoms. The number of hydrogen-bond acceptors (Lipinski definition) is 3. The van der Waals surface area contributed by atoms with Crippen LogP contribution < -0.4 is 0 Å². The molecule has 0 unspecified atom stereocenters. The van der Waals surface area contributed by atoms with Crippen LogP contribution in [0, 0.1) is 0 Å². The molecule has 1 aromatic carbocycles. The van der Waals surface area contributed by atoms with Crippen molar-refractivity contribution in [1.82, 2.24) is 20.0 Å². The van der Waals surface area contributed by atoms with E-state index < -0.39 is 0 Å². The number of benzene rings is 1. The predicted molar refractivity (Wildman–Crippen MR) is 84.8 cm³/mol. The van der Waals surface area contributed by atoms with Gasteiger partial charge in [-0.3, -0.25) is 0 Å². The highest BCUT2D eigenvalue weighted by Crippen LogP contribution is 2.21. The Morgan fingerprint density at radius 3 is 2.43 bits per heavy atom. The zero-order chi connectivity index (χ0) is 15.0. The normalized spacial score (nSPS) is 11.7. The van der Waals surface area contributed by atoms with E-state index in [0.29, 0.717) is 11.8 Å². The maximum atomic E-state index is 4.68. The van der Waals surface area contributed by atoms with Crippen LogP contribution in [0.2, 0.25) is 0 Å². The molecule has 4 heteroatoms. The maximum Gasteiger partial charge on any atom is 0.155 e. The fourth-order valence-electron chi connectivity index (χ4n) is 2.27. The first-order chi connectivity index (χ1) is 10.0. The van der Waals surface area contributed by atoms with Gasteiger partial charge in [-0.2, -0.15) is 0 Å². The fraction of sp³-hybridized carbons (Fsp3) is 0.353. The lowest BCUT2D eigenvalue weighted by Crippen LogP contribution is -1.98. The lowest BCUT2D eigenvalue weighted by molar-refractivity contribution is 0.766. The average Bonchev–Trinajstić information content (AvgIpc) is 2.96. The fourth-order valence-corrected chi connectivity index (χ4v) is 2.27. The first-order valence-corrected chi connectivity index (χ1v) is 7.38. The second kappa shape index (κ2) is 5.28. The molecule has 0 saturated heterocycles. The Morgan fingerprint density at radius 2 is 1.76 bits per heavy atom. The van der Waals surface area contributed by atoms with Crippen LogP contribution in [0.15, 0.2) is 36.5 Å². The van der Waals surface area contributed by atoms with E-state index in [1.165, 1.54) is 5.56 Å². The van der Waals surface area contributed by atoms with Crippen LogP contribution in [0.4, 0.5) is 0 Å². The Labute approximate surface area is 124 Å². The number of rotatable bonds is 3. The highest BCUT2D eigenvalue weighted by Gasteiger charge is 2.08. The van der Waals surface area contributed by atoms with E-state index in [1.54, 1.807) is 4.68 Å². The standard InChI is InChI=1S/C17H20N4/c1-11(2)13-5-7-15-14(9-13)6-8-17(18-15)21-10-16(12(3)4)19-20-21/h5-12H,1-4H3. The van der Waals surface area contributed by atoms with Crippen LogP contribution in [-0.4, -0.2) is 20.0 Å². The summed E-state index contributed by atoms with van der Waals surface area (Å²) in [5.74, 6) is 1.70. The molecule has 0 radical (unpaired) electrons. The smallest absolute Gasteiger partial charge is 0.155 e. The van der Waals surface area contributed by atoms with Gasteiger partial charge >= 0.3 is 0 Å². The predicted octanol–water partition coefficient (Wildman–Crippen LogP) is 4.06. The summed E-state index contributed by atoms with van der Waals surface area (Å²) in [6.07, 6.45) is 1.95. The van der Waals surface area contributed by atoms with Crippen LogP contribution >= 0.6 is 0 Å². The molecule has 0 aliphatic heterocycles. The highest BCUT2D eigenvalue weighted by molar-refractivity contribution is 5.80. The van der Waals surface area contributed by atoms with Crippen molar-refractivity contribution in [3.05, 3.63) is 47.8 Å². The van der Waals surface area contributed by atoms with E-state index in [9.17, 15) is 0 Å². The summed E-state index contributed by atoms with van der Waals surface area (Å²) < 4.78 is 1.74. The van der Waals surface area contributed by atoms with Crippen molar-refractivity contribution in [2.75, 3.05) is 0 Å². The summed E-state index contributed by atoms with van der Waals surface area (Å²) in [7, 11) is 0. The monoisotopic (exact) mass is 280 g/mol. The van der Waals surface area contributed by atoms with Gasteiger partial charge in [0.25, 0.3) is 0 Å². The minimum atomic E-state index is 0.368. The largest absolute Gasteiger partial charge is 0.229 e. The van der Waals surface area contributed by atoms with Crippen LogP contribution in [0.25, 0.3) is 16.7 Å². The van der Waals surface area contributed by atoms with Gasteiger partial charge < -0.3 is 0 Å². The molecule has 0 spiro atoms. The van der Waals surface area contributed by atoms with Crippen LogP contribution in [-0.2, 0) is 0 Å². The summed E-state index contributed by atoms with van der Waals surface area (Å²) in [4.78, 5) is 4.68. The Kier molecular flexibility index (Phi) is 3.45. The molecule has 21 heavy (non-hydrogen) atoms. The van der Waals surface area contributed by atoms with Gasteiger partial charge in [-0.15, -0.1) is 5.10 Å². The van der Waals surface area contributed by atoms with Crippen molar-refractivity contribution >= 4 is 10.9 Å². The zero-order valence-electron chi connectivity index (χ0n) is 12.9. The van der Waals surface area contributed by atoms with E-state index in [0.717, 1.165) is 22.4 Å². The topological polar surface area (TPSA) is 43.6 Å². The summed E-state index contributed by atoms with van der Waals surface area (Å²) in [6, 6.07) is 10.5. The third-order valence-electron chi connectivity index (χ3n) is 3.70. The first kappa shape index (κ1) is 13.7. The van der Waals surface area contributed by atoms with Gasteiger partial charge in [-0.05, 0) is 41.7 Å². The van der Waals surface area contributed by atoms with E-state index >= 15 is 0 Å². The van der Waals surface area contributed by atoms with Gasteiger partial charge in [0.2, 0.25) is 0 Å². The van der Waals surface area contributed by atoms with Gasteiger partial charge in [0.1, 0.15) is 0 Å². The zero-order valence-corrected chi connectivity index (χ0v) is 12.9. The van der Waals surface area contributed by atoms with Crippen molar-refractivity contribution in [1.29, 1.82) is 0 Å². The van der Waals surface area contributed by atoms with Gasteiger partial charge in [-0.1, -0.05) is 39.0 Å². The molecule has 3 aromatic rings. The van der Waals surface area contributed by atoms with Crippen molar-refractivity contribution in [3.63, 3.8) is 0 Å². The third kappa shape index (κ3) is 2.66. The molecule has 0 amide bonds. The second-order valence-electron chi connectivity index (χ2n) is 6.02. The molecule has 2 aromatic heterocycles. The molecule has 108 valence electrons. The number of fused-ring (bicyclic) bond motifs is 1. The number of nitrogens with zero attached hydrogens (tertiary/aromatic N) is 4. The summed E-state index contributed by atoms with van der Waals surface area (Å²) in [5.41, 5.74) is 3.30. The summed E-state index contributed by atoms with van der Waals surface area (Å²) in [5, 5.41) is 9.51. The highest BCUT2D eigenvalue weighted by atomic mass is 15.4. The van der Waals surface area contributed by atoms with Crippen molar-refractivity contribution in [2.24, 2.45) is 0 Å². The number of pyridine rings is 1. The SMILES string of the molecule is CC(C)c1ccc2nc(-n3cc(C(C)C)nn3)ccc2c1. The molecule has 0 saturated carbocycles. The van der Waals surface area contributed by atoms with E-state index in [-0.39, 0.29) is 0 Å². The van der Waals surface area contributed by atoms with Gasteiger partial charge in [-0.25, -0.2) is 9.67 Å². The Morgan fingerprint density at radius 1 is 0.952 bits per heavy atom. The molecule has 4 nitrogen and oxygen atoms in total. The molecular formula is C17H20N4. The van der Waals surface area contributed by atoms with Crippen molar-refractivity contribution < 1.29 is 0 Å². The van der Waals surface area contributed by atoms with Crippen LogP contribution in [0.3, 0.4) is 0 Å². The lowest BCUT2D eigenvalue weighted by atomic mass is 10.0. The number of hydrogen-bond donors (Lipinski definition) is 0. The summed E-state index contributed by atoms with van der Waals surface area (Å²) >= 11 is 0. The molecule has 3 rings (SSSR count). The molecule has 0 aliphatic carbocycles. The van der Waals surface area contributed by atoms with Crippen molar-refractivity contribution in [2.45, 2.75) is 39.5 Å². The van der Waals surface area contributed by atoms with Gasteiger partial charge in [0.05, 0.1) is 17.4 Å². The molecule has 0 fully saturated rings. The summed E-state index contributed by atoms with van der Waals surface area (Å²) in [6.45, 7) is 8.61. The molecule has 2 heterocycles. The Bertz CT molecular complexity index is 771. The minimum Gasteiger partial charge on any atom is -0.229 e. The van der Waals surface area contributed by atoms with E-state index in [2.05, 4.69) is 67.3 Å². The van der Waals surface area contributed by atoms with Crippen LogP contribution in [0.5, 0.6) is 0 Å². The quantitative estimate of drug-likeness (QED) is 0.726. The second-order valence-corrected chi connectivity index (χ2v) is 6.02. The third-order valence-corrected chi connectivity index (χ3v) is 3.70. The molecule has 0 aliphatic rings. The van der Waals surface area contributed by atoms with Crippen LogP contribution in [0.1, 0.15) is 50.8 Å². The Balaban J connectivity index is 2.02. The molecule has 0 atom stereocenters. The van der Waals surface area contributed by atoms with E-state index in [1.807, 2.05) is 12.3 Å². The van der Waals surface area contributed by atoms with Gasteiger partial charge in [0.15, 0.2) is 5.82 Å². The molecule has 0 N–H and O–H groups in total. The van der Waals surface area contributed by atoms with E-state index in [4.69, 9.17) is 0 Å². The van der Waals surface area contributed by atoms with Crippen molar-refractivity contribution in [3.8, 4) is 5.82 Å². The lowest BCUT2D eigenvalue weighted by Gasteiger charge is -2.07. The average molecular weight is 280 g/mol. The minimum absolute atomic E-state index is 0.368. The maximum absolute atomic E-state index is 4.68. The number of aromatic nitrogens is 4.